The fourth-order valence-electron chi connectivity index (χ4n) is 1.48. The number of allylic oxidation sites excluding steroid dienone is 2. The van der Waals surface area contributed by atoms with Crippen LogP contribution >= 0.6 is 11.6 Å². The minimum absolute atomic E-state index is 0.206. The van der Waals surface area contributed by atoms with Crippen molar-refractivity contribution in [2.75, 3.05) is 7.05 Å². The first-order valence-corrected chi connectivity index (χ1v) is 5.68. The van der Waals surface area contributed by atoms with Crippen LogP contribution in [0.25, 0.3) is 0 Å². The summed E-state index contributed by atoms with van der Waals surface area (Å²) in [6.45, 7) is 0. The maximum atomic E-state index is 11.9. The standard InChI is InChI=1S/C13H11ClN2O2/c1-16-8-10(14)11(15-13(16)18)7-12(17)9-5-3-2-4-6-9/h2-8H,1H3,(H,15,18). The predicted octanol–water partition coefficient (Wildman–Crippen LogP) is 2.49. The van der Waals surface area contributed by atoms with Crippen LogP contribution in [0.2, 0.25) is 0 Å². The number of carbonyl (C=O) groups excluding carboxylic acids is 2. The van der Waals surface area contributed by atoms with Crippen molar-refractivity contribution in [2.45, 2.75) is 0 Å². The van der Waals surface area contributed by atoms with Gasteiger partial charge in [-0.2, -0.15) is 0 Å². The van der Waals surface area contributed by atoms with Crippen LogP contribution in [0, 0.1) is 0 Å². The quantitative estimate of drug-likeness (QED) is 0.658. The van der Waals surface area contributed by atoms with Gasteiger partial charge in [-0.15, -0.1) is 0 Å². The molecule has 0 saturated heterocycles. The Balaban J connectivity index is 2.27. The number of amides is 2. The Morgan fingerprint density at radius 1 is 1.33 bits per heavy atom. The van der Waals surface area contributed by atoms with E-state index in [1.54, 1.807) is 31.3 Å². The molecule has 1 N–H and O–H groups in total. The average molecular weight is 263 g/mol. The van der Waals surface area contributed by atoms with Gasteiger partial charge in [-0.05, 0) is 0 Å². The second-order valence-corrected chi connectivity index (χ2v) is 4.21. The molecule has 2 amide bonds. The van der Waals surface area contributed by atoms with E-state index in [1.165, 1.54) is 17.2 Å². The lowest BCUT2D eigenvalue weighted by atomic mass is 10.1. The van der Waals surface area contributed by atoms with Gasteiger partial charge in [0, 0.05) is 24.9 Å². The molecule has 5 heteroatoms. The smallest absolute Gasteiger partial charge is 0.306 e. The van der Waals surface area contributed by atoms with Crippen LogP contribution in [-0.4, -0.2) is 23.8 Å². The van der Waals surface area contributed by atoms with Crippen LogP contribution in [0.1, 0.15) is 10.4 Å². The number of ketones is 1. The number of urea groups is 1. The molecular formula is C13H11ClN2O2. The fourth-order valence-corrected chi connectivity index (χ4v) is 1.73. The number of hydrogen-bond donors (Lipinski definition) is 1. The van der Waals surface area contributed by atoms with E-state index in [0.29, 0.717) is 16.3 Å². The van der Waals surface area contributed by atoms with Crippen molar-refractivity contribution in [3.63, 3.8) is 0 Å². The summed E-state index contributed by atoms with van der Waals surface area (Å²) in [5.74, 6) is -0.206. The molecule has 0 fully saturated rings. The third-order valence-electron chi connectivity index (χ3n) is 2.46. The van der Waals surface area contributed by atoms with E-state index in [1.807, 2.05) is 6.07 Å². The zero-order valence-corrected chi connectivity index (χ0v) is 10.4. The summed E-state index contributed by atoms with van der Waals surface area (Å²) >= 11 is 5.96. The number of hydrogen-bond acceptors (Lipinski definition) is 2. The highest BCUT2D eigenvalue weighted by molar-refractivity contribution is 6.33. The molecule has 1 aromatic carbocycles. The molecule has 0 bridgehead atoms. The molecular weight excluding hydrogens is 252 g/mol. The Bertz CT molecular complexity index is 549. The van der Waals surface area contributed by atoms with Crippen molar-refractivity contribution in [1.82, 2.24) is 10.2 Å². The van der Waals surface area contributed by atoms with Gasteiger partial charge in [-0.3, -0.25) is 4.79 Å². The van der Waals surface area contributed by atoms with E-state index < -0.39 is 0 Å². The van der Waals surface area contributed by atoms with E-state index in [9.17, 15) is 9.59 Å². The Morgan fingerprint density at radius 3 is 2.67 bits per heavy atom. The summed E-state index contributed by atoms with van der Waals surface area (Å²) in [5.41, 5.74) is 0.858. The second-order valence-electron chi connectivity index (χ2n) is 3.81. The number of nitrogens with one attached hydrogen (secondary N) is 1. The molecule has 0 saturated carbocycles. The van der Waals surface area contributed by atoms with Crippen LogP contribution in [0.15, 0.2) is 53.3 Å². The van der Waals surface area contributed by atoms with Crippen LogP contribution < -0.4 is 5.32 Å². The maximum Gasteiger partial charge on any atom is 0.325 e. The monoisotopic (exact) mass is 262 g/mol. The molecule has 0 aliphatic carbocycles. The largest absolute Gasteiger partial charge is 0.325 e. The zero-order chi connectivity index (χ0) is 13.1. The first-order valence-electron chi connectivity index (χ1n) is 5.30. The third-order valence-corrected chi connectivity index (χ3v) is 2.76. The molecule has 0 radical (unpaired) electrons. The topological polar surface area (TPSA) is 49.4 Å². The highest BCUT2D eigenvalue weighted by Gasteiger charge is 2.18. The van der Waals surface area contributed by atoms with Gasteiger partial charge in [-0.25, -0.2) is 4.79 Å². The van der Waals surface area contributed by atoms with Crippen LogP contribution in [0.3, 0.4) is 0 Å². The molecule has 92 valence electrons. The van der Waals surface area contributed by atoms with E-state index in [4.69, 9.17) is 11.6 Å². The van der Waals surface area contributed by atoms with Gasteiger partial charge in [0.25, 0.3) is 0 Å². The SMILES string of the molecule is CN1C=C(Cl)C(=CC(=O)c2ccccc2)NC1=O. The second kappa shape index (κ2) is 5.06. The van der Waals surface area contributed by atoms with Crippen molar-refractivity contribution in [3.05, 3.63) is 58.9 Å². The minimum Gasteiger partial charge on any atom is -0.306 e. The Kier molecular flexibility index (Phi) is 3.48. The molecule has 1 heterocycles. The van der Waals surface area contributed by atoms with Crippen molar-refractivity contribution >= 4 is 23.4 Å². The zero-order valence-electron chi connectivity index (χ0n) is 9.68. The van der Waals surface area contributed by atoms with Gasteiger partial charge in [0.1, 0.15) is 0 Å². The Hall–Kier alpha value is -2.07. The number of halogens is 1. The normalized spacial score (nSPS) is 17.4. The highest BCUT2D eigenvalue weighted by atomic mass is 35.5. The molecule has 1 aliphatic heterocycles. The van der Waals surface area contributed by atoms with Gasteiger partial charge >= 0.3 is 6.03 Å². The van der Waals surface area contributed by atoms with Gasteiger partial charge in [0.15, 0.2) is 5.78 Å². The molecule has 1 aromatic rings. The minimum atomic E-state index is -0.327. The molecule has 18 heavy (non-hydrogen) atoms. The number of rotatable bonds is 2. The lowest BCUT2D eigenvalue weighted by Crippen LogP contribution is -2.37. The van der Waals surface area contributed by atoms with E-state index in [0.717, 1.165) is 0 Å². The van der Waals surface area contributed by atoms with Gasteiger partial charge in [0.2, 0.25) is 0 Å². The summed E-state index contributed by atoms with van der Waals surface area (Å²) in [4.78, 5) is 24.7. The Labute approximate surface area is 110 Å². The molecule has 1 aliphatic rings. The molecule has 0 atom stereocenters. The first-order chi connectivity index (χ1) is 8.58. The predicted molar refractivity (Wildman–Crippen MR) is 69.1 cm³/mol. The Morgan fingerprint density at radius 2 is 2.00 bits per heavy atom. The summed E-state index contributed by atoms with van der Waals surface area (Å²) in [5, 5.41) is 2.86. The molecule has 2 rings (SSSR count). The summed E-state index contributed by atoms with van der Waals surface area (Å²) in [7, 11) is 1.58. The van der Waals surface area contributed by atoms with E-state index >= 15 is 0 Å². The van der Waals surface area contributed by atoms with Gasteiger partial charge < -0.3 is 10.2 Å². The van der Waals surface area contributed by atoms with E-state index in [2.05, 4.69) is 5.32 Å². The third kappa shape index (κ3) is 2.60. The first kappa shape index (κ1) is 12.4. The van der Waals surface area contributed by atoms with E-state index in [-0.39, 0.29) is 11.8 Å². The average Bonchev–Trinajstić information content (AvgIpc) is 2.37. The fraction of sp³-hybridized carbons (Fsp3) is 0.0769. The van der Waals surface area contributed by atoms with Gasteiger partial charge in [-0.1, -0.05) is 41.9 Å². The highest BCUT2D eigenvalue weighted by Crippen LogP contribution is 2.18. The van der Waals surface area contributed by atoms with Crippen LogP contribution in [0.5, 0.6) is 0 Å². The van der Waals surface area contributed by atoms with Crippen molar-refractivity contribution < 1.29 is 9.59 Å². The molecule has 0 aromatic heterocycles. The van der Waals surface area contributed by atoms with Crippen molar-refractivity contribution in [1.29, 1.82) is 0 Å². The molecule has 0 unspecified atom stereocenters. The summed E-state index contributed by atoms with van der Waals surface area (Å²) < 4.78 is 0. The summed E-state index contributed by atoms with van der Waals surface area (Å²) in [6.07, 6.45) is 2.78. The van der Waals surface area contributed by atoms with Crippen molar-refractivity contribution in [3.8, 4) is 0 Å². The maximum absolute atomic E-state index is 11.9. The molecule has 0 spiro atoms. The lowest BCUT2D eigenvalue weighted by molar-refractivity contribution is 0.104. The number of benzene rings is 1. The number of carbonyl (C=O) groups is 2. The van der Waals surface area contributed by atoms with Crippen LogP contribution in [0.4, 0.5) is 4.79 Å². The van der Waals surface area contributed by atoms with Crippen molar-refractivity contribution in [2.24, 2.45) is 0 Å². The van der Waals surface area contributed by atoms with Crippen LogP contribution in [-0.2, 0) is 0 Å². The lowest BCUT2D eigenvalue weighted by Gasteiger charge is -2.21. The number of nitrogens with zero attached hydrogens (tertiary/aromatic N) is 1. The van der Waals surface area contributed by atoms with Gasteiger partial charge in [0.05, 0.1) is 10.7 Å². The summed E-state index contributed by atoms with van der Waals surface area (Å²) in [6, 6.07) is 8.45. The molecule has 4 nitrogen and oxygen atoms in total.